The maximum absolute atomic E-state index is 11.0. The molecule has 0 aromatic carbocycles. The van der Waals surface area contributed by atoms with Gasteiger partial charge in [-0.25, -0.2) is 0 Å². The first-order valence-corrected chi connectivity index (χ1v) is 5.85. The molecule has 1 N–H and O–H groups in total. The third-order valence-electron chi connectivity index (χ3n) is 3.25. The van der Waals surface area contributed by atoms with Crippen molar-refractivity contribution in [1.29, 1.82) is 0 Å². The summed E-state index contributed by atoms with van der Waals surface area (Å²) >= 11 is 0. The Morgan fingerprint density at radius 3 is 2.13 bits per heavy atom. The summed E-state index contributed by atoms with van der Waals surface area (Å²) in [5, 5.41) is 9.02. The van der Waals surface area contributed by atoms with Crippen LogP contribution in [0.4, 0.5) is 0 Å². The highest BCUT2D eigenvalue weighted by Gasteiger charge is 2.38. The molecule has 0 heterocycles. The Labute approximate surface area is 92.7 Å². The van der Waals surface area contributed by atoms with Gasteiger partial charge in [-0.2, -0.15) is 0 Å². The lowest BCUT2D eigenvalue weighted by Gasteiger charge is -2.41. The molecule has 0 amide bonds. The Hall–Kier alpha value is -0.570. The maximum Gasteiger partial charge on any atom is 0.304 e. The van der Waals surface area contributed by atoms with Gasteiger partial charge in [-0.3, -0.25) is 4.79 Å². The predicted octanol–water partition coefficient (Wildman–Crippen LogP) is 2.12. The SMILES string of the molecule is C[N+](C)(C)CC1(CC(=O)O)CCCCC1. The van der Waals surface area contributed by atoms with E-state index in [4.69, 9.17) is 5.11 Å². The van der Waals surface area contributed by atoms with Crippen molar-refractivity contribution in [3.8, 4) is 0 Å². The molecule has 0 atom stereocenters. The van der Waals surface area contributed by atoms with E-state index in [1.165, 1.54) is 19.3 Å². The van der Waals surface area contributed by atoms with Crippen LogP contribution in [0.15, 0.2) is 0 Å². The molecule has 15 heavy (non-hydrogen) atoms. The number of rotatable bonds is 4. The van der Waals surface area contributed by atoms with Gasteiger partial charge in [0.15, 0.2) is 0 Å². The van der Waals surface area contributed by atoms with E-state index in [0.717, 1.165) is 23.9 Å². The van der Waals surface area contributed by atoms with Crippen LogP contribution in [0.2, 0.25) is 0 Å². The first kappa shape index (κ1) is 12.5. The van der Waals surface area contributed by atoms with Crippen molar-refractivity contribution in [1.82, 2.24) is 0 Å². The van der Waals surface area contributed by atoms with Crippen molar-refractivity contribution >= 4 is 5.97 Å². The van der Waals surface area contributed by atoms with Gasteiger partial charge in [0.2, 0.25) is 0 Å². The molecule has 1 aliphatic carbocycles. The molecule has 0 aromatic heterocycles. The Bertz CT molecular complexity index is 224. The third kappa shape index (κ3) is 4.20. The van der Waals surface area contributed by atoms with Crippen molar-refractivity contribution < 1.29 is 14.4 Å². The molecule has 1 saturated carbocycles. The van der Waals surface area contributed by atoms with Crippen LogP contribution < -0.4 is 0 Å². The van der Waals surface area contributed by atoms with Crippen molar-refractivity contribution in [2.45, 2.75) is 38.5 Å². The summed E-state index contributed by atoms with van der Waals surface area (Å²) in [5.41, 5.74) is 0.0579. The minimum atomic E-state index is -0.634. The molecule has 0 aliphatic heterocycles. The summed E-state index contributed by atoms with van der Waals surface area (Å²) in [6.07, 6.45) is 6.21. The van der Waals surface area contributed by atoms with E-state index in [1.807, 2.05) is 0 Å². The van der Waals surface area contributed by atoms with Crippen LogP contribution in [0.1, 0.15) is 38.5 Å². The predicted molar refractivity (Wildman–Crippen MR) is 60.7 cm³/mol. The van der Waals surface area contributed by atoms with Gasteiger partial charge in [-0.1, -0.05) is 19.3 Å². The molecule has 1 fully saturated rings. The minimum Gasteiger partial charge on any atom is -0.481 e. The van der Waals surface area contributed by atoms with Gasteiger partial charge >= 0.3 is 5.97 Å². The Balaban J connectivity index is 2.70. The first-order chi connectivity index (χ1) is 6.83. The van der Waals surface area contributed by atoms with Crippen LogP contribution >= 0.6 is 0 Å². The fourth-order valence-corrected chi connectivity index (χ4v) is 3.02. The summed E-state index contributed by atoms with van der Waals surface area (Å²) in [5.74, 6) is -0.634. The molecule has 1 rings (SSSR count). The van der Waals surface area contributed by atoms with Crippen molar-refractivity contribution in [3.63, 3.8) is 0 Å². The second-order valence-electron chi connectivity index (χ2n) is 6.08. The van der Waals surface area contributed by atoms with E-state index in [1.54, 1.807) is 0 Å². The van der Waals surface area contributed by atoms with E-state index in [-0.39, 0.29) is 5.41 Å². The summed E-state index contributed by atoms with van der Waals surface area (Å²) in [7, 11) is 6.45. The maximum atomic E-state index is 11.0. The summed E-state index contributed by atoms with van der Waals surface area (Å²) in [4.78, 5) is 11.0. The first-order valence-electron chi connectivity index (χ1n) is 5.85. The molecule has 0 spiro atoms. The summed E-state index contributed by atoms with van der Waals surface area (Å²) < 4.78 is 0.868. The molecular formula is C12H24NO2+. The van der Waals surface area contributed by atoms with Crippen molar-refractivity contribution in [3.05, 3.63) is 0 Å². The molecule has 88 valence electrons. The standard InChI is InChI=1S/C12H23NO2/c1-13(2,3)10-12(9-11(14)15)7-5-4-6-8-12/h4-10H2,1-3H3/p+1. The Kier molecular flexibility index (Phi) is 3.77. The zero-order valence-corrected chi connectivity index (χ0v) is 10.3. The van der Waals surface area contributed by atoms with Crippen molar-refractivity contribution in [2.75, 3.05) is 27.7 Å². The lowest BCUT2D eigenvalue weighted by atomic mass is 9.71. The lowest BCUT2D eigenvalue weighted by Crippen LogP contribution is -2.46. The number of hydrogen-bond donors (Lipinski definition) is 1. The lowest BCUT2D eigenvalue weighted by molar-refractivity contribution is -0.877. The van der Waals surface area contributed by atoms with E-state index in [2.05, 4.69) is 21.1 Å². The minimum absolute atomic E-state index is 0.0579. The molecule has 0 saturated heterocycles. The second kappa shape index (κ2) is 4.52. The molecule has 0 unspecified atom stereocenters. The van der Waals surface area contributed by atoms with Crippen LogP contribution in [-0.4, -0.2) is 43.2 Å². The Morgan fingerprint density at radius 1 is 1.20 bits per heavy atom. The normalized spacial score (nSPS) is 21.3. The van der Waals surface area contributed by atoms with Crippen LogP contribution in [0.5, 0.6) is 0 Å². The third-order valence-corrected chi connectivity index (χ3v) is 3.25. The molecule has 3 nitrogen and oxygen atoms in total. The van der Waals surface area contributed by atoms with E-state index < -0.39 is 5.97 Å². The van der Waals surface area contributed by atoms with Crippen LogP contribution in [0.25, 0.3) is 0 Å². The van der Waals surface area contributed by atoms with Gasteiger partial charge < -0.3 is 9.59 Å². The zero-order chi connectivity index (χ0) is 11.5. The average Bonchev–Trinajstić information content (AvgIpc) is 1.99. The fourth-order valence-electron chi connectivity index (χ4n) is 3.02. The number of carboxylic acid groups (broad SMARTS) is 1. The van der Waals surface area contributed by atoms with Crippen molar-refractivity contribution in [2.24, 2.45) is 5.41 Å². The molecule has 3 heteroatoms. The number of quaternary nitrogens is 1. The second-order valence-corrected chi connectivity index (χ2v) is 6.08. The highest BCUT2D eigenvalue weighted by atomic mass is 16.4. The molecule has 1 aliphatic rings. The molecule has 0 bridgehead atoms. The molecular weight excluding hydrogens is 190 g/mol. The smallest absolute Gasteiger partial charge is 0.304 e. The van der Waals surface area contributed by atoms with E-state index in [9.17, 15) is 4.79 Å². The van der Waals surface area contributed by atoms with Gasteiger partial charge in [0.25, 0.3) is 0 Å². The van der Waals surface area contributed by atoms with Gasteiger partial charge in [0, 0.05) is 5.41 Å². The van der Waals surface area contributed by atoms with Gasteiger partial charge in [-0.05, 0) is 12.8 Å². The average molecular weight is 214 g/mol. The van der Waals surface area contributed by atoms with Gasteiger partial charge in [0.1, 0.15) is 0 Å². The van der Waals surface area contributed by atoms with Crippen LogP contribution in [0, 0.1) is 5.41 Å². The highest BCUT2D eigenvalue weighted by Crippen LogP contribution is 2.40. The Morgan fingerprint density at radius 2 is 1.73 bits per heavy atom. The van der Waals surface area contributed by atoms with Gasteiger partial charge in [0.05, 0.1) is 34.1 Å². The fraction of sp³-hybridized carbons (Fsp3) is 0.917. The van der Waals surface area contributed by atoms with Crippen LogP contribution in [-0.2, 0) is 4.79 Å². The quantitative estimate of drug-likeness (QED) is 0.728. The zero-order valence-electron chi connectivity index (χ0n) is 10.3. The summed E-state index contributed by atoms with van der Waals surface area (Å²) in [6, 6.07) is 0. The molecule has 0 radical (unpaired) electrons. The van der Waals surface area contributed by atoms with E-state index >= 15 is 0 Å². The number of carboxylic acids is 1. The number of hydrogen-bond acceptors (Lipinski definition) is 1. The topological polar surface area (TPSA) is 37.3 Å². The highest BCUT2D eigenvalue weighted by molar-refractivity contribution is 5.67. The van der Waals surface area contributed by atoms with Crippen LogP contribution in [0.3, 0.4) is 0 Å². The number of nitrogens with zero attached hydrogens (tertiary/aromatic N) is 1. The summed E-state index contributed by atoms with van der Waals surface area (Å²) in [6.45, 7) is 0.985. The molecule has 0 aromatic rings. The van der Waals surface area contributed by atoms with Gasteiger partial charge in [-0.15, -0.1) is 0 Å². The largest absolute Gasteiger partial charge is 0.481 e. The number of aliphatic carboxylic acids is 1. The van der Waals surface area contributed by atoms with E-state index in [0.29, 0.717) is 6.42 Å². The number of carbonyl (C=O) groups is 1. The monoisotopic (exact) mass is 214 g/mol.